The topological polar surface area (TPSA) is 46.2 Å². The Hall–Kier alpha value is -0.290. The summed E-state index contributed by atoms with van der Waals surface area (Å²) in [5.74, 6) is -1.17. The van der Waals surface area contributed by atoms with Gasteiger partial charge in [0.2, 0.25) is 0 Å². The first-order valence-corrected chi connectivity index (χ1v) is 6.35. The van der Waals surface area contributed by atoms with Crippen molar-refractivity contribution in [1.82, 2.24) is 0 Å². The normalized spacial score (nSPS) is 30.0. The molecule has 5 heteroatoms. The van der Waals surface area contributed by atoms with Crippen LogP contribution < -0.4 is 5.73 Å². The van der Waals surface area contributed by atoms with Crippen LogP contribution >= 0.6 is 0 Å². The van der Waals surface area contributed by atoms with Crippen LogP contribution in [-0.2, 0) is 0 Å². The van der Waals surface area contributed by atoms with Gasteiger partial charge in [0.05, 0.1) is 12.0 Å². The summed E-state index contributed by atoms with van der Waals surface area (Å²) < 4.78 is 37.4. The molecule has 102 valence electrons. The molecule has 0 saturated heterocycles. The number of halogens is 3. The molecule has 1 aliphatic rings. The van der Waals surface area contributed by atoms with Crippen molar-refractivity contribution >= 4 is 0 Å². The largest absolute Gasteiger partial charge is 0.393 e. The minimum Gasteiger partial charge on any atom is -0.393 e. The van der Waals surface area contributed by atoms with Gasteiger partial charge in [0, 0.05) is 0 Å². The van der Waals surface area contributed by atoms with Gasteiger partial charge < -0.3 is 10.8 Å². The molecule has 0 aliphatic heterocycles. The van der Waals surface area contributed by atoms with E-state index in [2.05, 4.69) is 0 Å². The minimum absolute atomic E-state index is 0.0119. The van der Waals surface area contributed by atoms with Crippen LogP contribution in [0.25, 0.3) is 0 Å². The van der Waals surface area contributed by atoms with Gasteiger partial charge in [-0.3, -0.25) is 0 Å². The fraction of sp³-hybridized carbons (Fsp3) is 1.00. The predicted molar refractivity (Wildman–Crippen MR) is 60.3 cm³/mol. The van der Waals surface area contributed by atoms with Crippen LogP contribution in [0.15, 0.2) is 0 Å². The maximum Gasteiger partial charge on any atom is 0.391 e. The summed E-state index contributed by atoms with van der Waals surface area (Å²) in [7, 11) is 0. The fourth-order valence-corrected chi connectivity index (χ4v) is 2.72. The number of nitrogens with two attached hydrogens (primary N) is 1. The van der Waals surface area contributed by atoms with E-state index in [0.29, 0.717) is 19.4 Å². The van der Waals surface area contributed by atoms with Gasteiger partial charge in [-0.25, -0.2) is 0 Å². The minimum atomic E-state index is -4.08. The lowest BCUT2D eigenvalue weighted by Gasteiger charge is -2.35. The van der Waals surface area contributed by atoms with E-state index in [9.17, 15) is 18.3 Å². The molecule has 3 N–H and O–H groups in total. The Balaban J connectivity index is 2.46. The first kappa shape index (κ1) is 14.8. The summed E-state index contributed by atoms with van der Waals surface area (Å²) in [6.45, 7) is 2.35. The Labute approximate surface area is 100 Å². The Kier molecular flexibility index (Phi) is 5.25. The molecule has 2 atom stereocenters. The zero-order chi connectivity index (χ0) is 13.1. The highest BCUT2D eigenvalue weighted by Gasteiger charge is 2.42. The lowest BCUT2D eigenvalue weighted by Crippen LogP contribution is -2.37. The first-order chi connectivity index (χ1) is 7.90. The van der Waals surface area contributed by atoms with E-state index in [1.54, 1.807) is 0 Å². The zero-order valence-corrected chi connectivity index (χ0v) is 10.2. The molecule has 1 rings (SSSR count). The molecule has 0 aromatic heterocycles. The summed E-state index contributed by atoms with van der Waals surface area (Å²) >= 11 is 0. The van der Waals surface area contributed by atoms with Gasteiger partial charge in [0.1, 0.15) is 0 Å². The molecule has 0 bridgehead atoms. The molecule has 17 heavy (non-hydrogen) atoms. The van der Waals surface area contributed by atoms with E-state index in [4.69, 9.17) is 5.73 Å². The van der Waals surface area contributed by atoms with Gasteiger partial charge in [-0.1, -0.05) is 6.92 Å². The van der Waals surface area contributed by atoms with Crippen LogP contribution in [0.2, 0.25) is 0 Å². The van der Waals surface area contributed by atoms with Crippen molar-refractivity contribution in [2.45, 2.75) is 51.3 Å². The lowest BCUT2D eigenvalue weighted by molar-refractivity contribution is -0.186. The summed E-state index contributed by atoms with van der Waals surface area (Å²) in [4.78, 5) is 0. The van der Waals surface area contributed by atoms with Crippen LogP contribution in [0, 0.1) is 17.8 Å². The first-order valence-electron chi connectivity index (χ1n) is 6.35. The summed E-state index contributed by atoms with van der Waals surface area (Å²) in [6.07, 6.45) is -2.63. The predicted octanol–water partition coefficient (Wildman–Crippen LogP) is 2.70. The van der Waals surface area contributed by atoms with Crippen molar-refractivity contribution in [1.29, 1.82) is 0 Å². The van der Waals surface area contributed by atoms with Gasteiger partial charge >= 0.3 is 6.18 Å². The van der Waals surface area contributed by atoms with Crippen molar-refractivity contribution in [2.24, 2.45) is 23.5 Å². The number of aliphatic hydroxyl groups is 1. The smallest absolute Gasteiger partial charge is 0.391 e. The van der Waals surface area contributed by atoms with Gasteiger partial charge in [-0.15, -0.1) is 0 Å². The van der Waals surface area contributed by atoms with E-state index in [0.717, 1.165) is 6.42 Å². The van der Waals surface area contributed by atoms with Crippen molar-refractivity contribution in [2.75, 3.05) is 6.54 Å². The molecule has 1 fully saturated rings. The van der Waals surface area contributed by atoms with E-state index in [-0.39, 0.29) is 24.7 Å². The zero-order valence-electron chi connectivity index (χ0n) is 10.2. The van der Waals surface area contributed by atoms with Crippen molar-refractivity contribution in [3.63, 3.8) is 0 Å². The van der Waals surface area contributed by atoms with Crippen molar-refractivity contribution in [3.8, 4) is 0 Å². The number of rotatable bonds is 4. The van der Waals surface area contributed by atoms with E-state index >= 15 is 0 Å². The third-order valence-electron chi connectivity index (χ3n) is 4.03. The van der Waals surface area contributed by atoms with Crippen molar-refractivity contribution < 1.29 is 18.3 Å². The average molecular weight is 253 g/mol. The summed E-state index contributed by atoms with van der Waals surface area (Å²) in [6, 6.07) is 0. The molecular weight excluding hydrogens is 231 g/mol. The lowest BCUT2D eigenvalue weighted by atomic mass is 9.75. The molecule has 0 amide bonds. The fourth-order valence-electron chi connectivity index (χ4n) is 2.72. The Morgan fingerprint density at radius 2 is 1.76 bits per heavy atom. The Bertz CT molecular complexity index is 220. The summed E-state index contributed by atoms with van der Waals surface area (Å²) in [5.41, 5.74) is 5.55. The van der Waals surface area contributed by atoms with Crippen LogP contribution in [0.5, 0.6) is 0 Å². The standard InChI is InChI=1S/C12H22F3NO/c1-2-8(7-16)11(17)9-3-5-10(6-4-9)12(13,14)15/h8-11,17H,2-7,16H2,1H3. The number of hydrogen-bond acceptors (Lipinski definition) is 2. The third-order valence-corrected chi connectivity index (χ3v) is 4.03. The van der Waals surface area contributed by atoms with Gasteiger partial charge in [0.25, 0.3) is 0 Å². The number of aliphatic hydroxyl groups excluding tert-OH is 1. The Morgan fingerprint density at radius 1 is 1.24 bits per heavy atom. The molecule has 1 aliphatic carbocycles. The molecule has 1 saturated carbocycles. The van der Waals surface area contributed by atoms with Crippen molar-refractivity contribution in [3.05, 3.63) is 0 Å². The third kappa shape index (κ3) is 3.85. The maximum absolute atomic E-state index is 12.5. The molecule has 0 spiro atoms. The second-order valence-electron chi connectivity index (χ2n) is 5.05. The monoisotopic (exact) mass is 253 g/mol. The number of alkyl halides is 3. The highest BCUT2D eigenvalue weighted by atomic mass is 19.4. The molecule has 0 radical (unpaired) electrons. The van der Waals surface area contributed by atoms with E-state index < -0.39 is 18.2 Å². The van der Waals surface area contributed by atoms with Gasteiger partial charge in [-0.05, 0) is 50.5 Å². The second-order valence-corrected chi connectivity index (χ2v) is 5.05. The highest BCUT2D eigenvalue weighted by Crippen LogP contribution is 2.41. The average Bonchev–Trinajstić information content (AvgIpc) is 2.29. The molecule has 2 nitrogen and oxygen atoms in total. The Morgan fingerprint density at radius 3 is 2.12 bits per heavy atom. The second kappa shape index (κ2) is 6.05. The maximum atomic E-state index is 12.5. The molecule has 2 unspecified atom stereocenters. The highest BCUT2D eigenvalue weighted by molar-refractivity contribution is 4.83. The quantitative estimate of drug-likeness (QED) is 0.809. The van der Waals surface area contributed by atoms with Gasteiger partial charge in [0.15, 0.2) is 0 Å². The summed E-state index contributed by atoms with van der Waals surface area (Å²) in [5, 5.41) is 10.1. The molecular formula is C12H22F3NO. The number of hydrogen-bond donors (Lipinski definition) is 2. The van der Waals surface area contributed by atoms with Crippen LogP contribution in [-0.4, -0.2) is 23.9 Å². The van der Waals surface area contributed by atoms with Crippen LogP contribution in [0.4, 0.5) is 13.2 Å². The van der Waals surface area contributed by atoms with Gasteiger partial charge in [-0.2, -0.15) is 13.2 Å². The van der Waals surface area contributed by atoms with E-state index in [1.807, 2.05) is 6.92 Å². The van der Waals surface area contributed by atoms with Crippen LogP contribution in [0.3, 0.4) is 0 Å². The van der Waals surface area contributed by atoms with Crippen LogP contribution in [0.1, 0.15) is 39.0 Å². The molecule has 0 aromatic carbocycles. The van der Waals surface area contributed by atoms with E-state index in [1.165, 1.54) is 0 Å². The molecule has 0 aromatic rings. The molecule has 0 heterocycles. The SMILES string of the molecule is CCC(CN)C(O)C1CCC(C(F)(F)F)CC1.